The summed E-state index contributed by atoms with van der Waals surface area (Å²) in [5.41, 5.74) is 0.786. The average Bonchev–Trinajstić information content (AvgIpc) is 2.05. The topological polar surface area (TPSA) is 26.3 Å². The number of carbonyl (C=O) groups excluding carboxylic acids is 1. The van der Waals surface area contributed by atoms with Crippen LogP contribution in [0.2, 0.25) is 0 Å². The number of methoxy groups -OCH3 is 1. The van der Waals surface area contributed by atoms with Crippen LogP contribution < -0.4 is 0 Å². The summed E-state index contributed by atoms with van der Waals surface area (Å²) in [4.78, 5) is 11.0. The van der Waals surface area contributed by atoms with E-state index in [0.29, 0.717) is 0 Å². The fourth-order valence-electron chi connectivity index (χ4n) is 0.863. The maximum Gasteiger partial charge on any atom is 0.333 e. The first-order valence-electron chi connectivity index (χ1n) is 3.99. The molecule has 11 heavy (non-hydrogen) atoms. The first kappa shape index (κ1) is 10.2. The first-order chi connectivity index (χ1) is 5.26. The first-order valence-corrected chi connectivity index (χ1v) is 3.99. The van der Waals surface area contributed by atoms with E-state index >= 15 is 0 Å². The molecule has 0 saturated heterocycles. The molecule has 0 saturated carbocycles. The minimum Gasteiger partial charge on any atom is -0.466 e. The van der Waals surface area contributed by atoms with E-state index in [0.717, 1.165) is 24.8 Å². The van der Waals surface area contributed by atoms with Crippen LogP contribution in [-0.2, 0) is 9.53 Å². The van der Waals surface area contributed by atoms with Gasteiger partial charge in [0.25, 0.3) is 0 Å². The molecule has 0 spiro atoms. The predicted octanol–water partition coefficient (Wildman–Crippen LogP) is 2.30. The van der Waals surface area contributed by atoms with E-state index < -0.39 is 0 Å². The number of esters is 1. The van der Waals surface area contributed by atoms with Gasteiger partial charge in [0, 0.05) is 5.57 Å². The fourth-order valence-corrected chi connectivity index (χ4v) is 0.863. The molecule has 64 valence electrons. The molecule has 0 radical (unpaired) electrons. The summed E-state index contributed by atoms with van der Waals surface area (Å²) in [7, 11) is 1.41. The molecule has 0 rings (SSSR count). The molecule has 0 fully saturated rings. The number of rotatable bonds is 4. The number of allylic oxidation sites excluding steroid dienone is 1. The van der Waals surface area contributed by atoms with Gasteiger partial charge in [-0.15, -0.1) is 0 Å². The molecule has 2 heteroatoms. The lowest BCUT2D eigenvalue weighted by atomic mass is 10.1. The summed E-state index contributed by atoms with van der Waals surface area (Å²) in [6.07, 6.45) is 4.81. The zero-order valence-electron chi connectivity index (χ0n) is 7.52. The van der Waals surface area contributed by atoms with Crippen molar-refractivity contribution in [3.63, 3.8) is 0 Å². The molecular formula is C9H16O2. The Morgan fingerprint density at radius 1 is 1.55 bits per heavy atom. The van der Waals surface area contributed by atoms with Crippen LogP contribution >= 0.6 is 0 Å². The van der Waals surface area contributed by atoms with Crippen LogP contribution in [0.25, 0.3) is 0 Å². The summed E-state index contributed by atoms with van der Waals surface area (Å²) >= 11 is 0. The lowest BCUT2D eigenvalue weighted by molar-refractivity contribution is -0.136. The van der Waals surface area contributed by atoms with E-state index in [1.807, 2.05) is 13.0 Å². The molecule has 2 nitrogen and oxygen atoms in total. The van der Waals surface area contributed by atoms with Gasteiger partial charge in [0.1, 0.15) is 0 Å². The molecule has 0 unspecified atom stereocenters. The van der Waals surface area contributed by atoms with Crippen LogP contribution in [0.4, 0.5) is 0 Å². The molecule has 0 aliphatic heterocycles. The summed E-state index contributed by atoms with van der Waals surface area (Å²) in [5, 5.41) is 0. The van der Waals surface area contributed by atoms with Crippen LogP contribution in [-0.4, -0.2) is 13.1 Å². The maximum atomic E-state index is 11.0. The van der Waals surface area contributed by atoms with Crippen molar-refractivity contribution in [3.05, 3.63) is 11.6 Å². The Balaban J connectivity index is 3.87. The number of carbonyl (C=O) groups is 1. The van der Waals surface area contributed by atoms with Gasteiger partial charge in [-0.3, -0.25) is 0 Å². The zero-order chi connectivity index (χ0) is 8.69. The highest BCUT2D eigenvalue weighted by Crippen LogP contribution is 2.08. The summed E-state index contributed by atoms with van der Waals surface area (Å²) in [5.74, 6) is -0.194. The molecule has 0 N–H and O–H groups in total. The second-order valence-electron chi connectivity index (χ2n) is 2.41. The van der Waals surface area contributed by atoms with E-state index in [9.17, 15) is 4.79 Å². The molecule has 0 aliphatic rings. The van der Waals surface area contributed by atoms with Crippen LogP contribution in [0.5, 0.6) is 0 Å². The standard InChI is InChI=1S/C9H16O2/c1-4-6-7-8(5-2)9(10)11-3/h5H,4,6-7H2,1-3H3/b8-5-. The largest absolute Gasteiger partial charge is 0.466 e. The summed E-state index contributed by atoms with van der Waals surface area (Å²) in [6, 6.07) is 0. The van der Waals surface area contributed by atoms with Crippen molar-refractivity contribution in [2.45, 2.75) is 33.1 Å². The fraction of sp³-hybridized carbons (Fsp3) is 0.667. The zero-order valence-corrected chi connectivity index (χ0v) is 7.52. The van der Waals surface area contributed by atoms with E-state index in [1.54, 1.807) is 0 Å². The van der Waals surface area contributed by atoms with Crippen molar-refractivity contribution >= 4 is 5.97 Å². The van der Waals surface area contributed by atoms with Gasteiger partial charge in [0.2, 0.25) is 0 Å². The number of hydrogen-bond donors (Lipinski definition) is 0. The highest BCUT2D eigenvalue weighted by atomic mass is 16.5. The normalized spacial score (nSPS) is 11.4. The molecule has 0 aromatic heterocycles. The van der Waals surface area contributed by atoms with Crippen molar-refractivity contribution in [2.24, 2.45) is 0 Å². The quantitative estimate of drug-likeness (QED) is 0.461. The molecular weight excluding hydrogens is 140 g/mol. The second-order valence-corrected chi connectivity index (χ2v) is 2.41. The van der Waals surface area contributed by atoms with Gasteiger partial charge in [-0.05, 0) is 19.8 Å². The van der Waals surface area contributed by atoms with Crippen LogP contribution in [0.1, 0.15) is 33.1 Å². The van der Waals surface area contributed by atoms with Crippen LogP contribution in [0, 0.1) is 0 Å². The van der Waals surface area contributed by atoms with Crippen LogP contribution in [0.3, 0.4) is 0 Å². The van der Waals surface area contributed by atoms with Gasteiger partial charge in [-0.1, -0.05) is 19.4 Å². The van der Waals surface area contributed by atoms with Gasteiger partial charge in [-0.2, -0.15) is 0 Å². The van der Waals surface area contributed by atoms with E-state index in [1.165, 1.54) is 7.11 Å². The third-order valence-corrected chi connectivity index (χ3v) is 1.60. The molecule has 0 heterocycles. The summed E-state index contributed by atoms with van der Waals surface area (Å²) < 4.78 is 4.59. The van der Waals surface area contributed by atoms with Gasteiger partial charge in [0.05, 0.1) is 7.11 Å². The molecule has 0 atom stereocenters. The van der Waals surface area contributed by atoms with Gasteiger partial charge >= 0.3 is 5.97 Å². The average molecular weight is 156 g/mol. The highest BCUT2D eigenvalue weighted by molar-refractivity contribution is 5.88. The monoisotopic (exact) mass is 156 g/mol. The van der Waals surface area contributed by atoms with Crippen molar-refractivity contribution in [1.82, 2.24) is 0 Å². The van der Waals surface area contributed by atoms with Crippen molar-refractivity contribution in [1.29, 1.82) is 0 Å². The van der Waals surface area contributed by atoms with Crippen molar-refractivity contribution < 1.29 is 9.53 Å². The number of hydrogen-bond acceptors (Lipinski definition) is 2. The molecule has 0 bridgehead atoms. The SMILES string of the molecule is C/C=C(/CCCC)C(=O)OC. The number of ether oxygens (including phenoxy) is 1. The third kappa shape index (κ3) is 3.81. The Morgan fingerprint density at radius 2 is 2.18 bits per heavy atom. The van der Waals surface area contributed by atoms with E-state index in [4.69, 9.17) is 0 Å². The van der Waals surface area contributed by atoms with Crippen LogP contribution in [0.15, 0.2) is 11.6 Å². The van der Waals surface area contributed by atoms with Crippen molar-refractivity contribution in [2.75, 3.05) is 7.11 Å². The Morgan fingerprint density at radius 3 is 2.55 bits per heavy atom. The Kier molecular flexibility index (Phi) is 5.53. The van der Waals surface area contributed by atoms with Crippen molar-refractivity contribution in [3.8, 4) is 0 Å². The second kappa shape index (κ2) is 5.96. The van der Waals surface area contributed by atoms with Gasteiger partial charge in [0.15, 0.2) is 0 Å². The van der Waals surface area contributed by atoms with E-state index in [2.05, 4.69) is 11.7 Å². The molecule has 0 amide bonds. The Labute approximate surface area is 68.2 Å². The Hall–Kier alpha value is -0.790. The smallest absolute Gasteiger partial charge is 0.333 e. The van der Waals surface area contributed by atoms with E-state index in [-0.39, 0.29) is 5.97 Å². The van der Waals surface area contributed by atoms with Gasteiger partial charge < -0.3 is 4.74 Å². The number of unbranched alkanes of at least 4 members (excludes halogenated alkanes) is 1. The summed E-state index contributed by atoms with van der Waals surface area (Å²) in [6.45, 7) is 3.96. The maximum absolute atomic E-state index is 11.0. The van der Waals surface area contributed by atoms with Gasteiger partial charge in [-0.25, -0.2) is 4.79 Å². The lowest BCUT2D eigenvalue weighted by Crippen LogP contribution is -2.04. The molecule has 0 aliphatic carbocycles. The molecule has 0 aromatic rings. The highest BCUT2D eigenvalue weighted by Gasteiger charge is 2.05. The third-order valence-electron chi connectivity index (χ3n) is 1.60. The predicted molar refractivity (Wildman–Crippen MR) is 45.3 cm³/mol. The minimum atomic E-state index is -0.194. The lowest BCUT2D eigenvalue weighted by Gasteiger charge is -2.02. The Bertz CT molecular complexity index is 148. The minimum absolute atomic E-state index is 0.194. The molecule has 0 aromatic carbocycles.